The predicted molar refractivity (Wildman–Crippen MR) is 80.0 cm³/mol. The standard InChI is InChI=1S/C13H10BrClN4O/c14-11-12-9(10(15)1-2-17-12)7-18-13(11)20-6-5-19-4-3-16-8-19/h1-4,7-8H,5-6H2. The Labute approximate surface area is 128 Å². The van der Waals surface area contributed by atoms with Gasteiger partial charge >= 0.3 is 0 Å². The van der Waals surface area contributed by atoms with Crippen LogP contribution in [0.5, 0.6) is 5.88 Å². The highest BCUT2D eigenvalue weighted by atomic mass is 79.9. The van der Waals surface area contributed by atoms with E-state index in [0.717, 1.165) is 10.9 Å². The molecule has 7 heteroatoms. The van der Waals surface area contributed by atoms with Crippen molar-refractivity contribution in [1.29, 1.82) is 0 Å². The molecule has 0 unspecified atom stereocenters. The molecule has 3 heterocycles. The SMILES string of the molecule is Clc1ccnc2c(Br)c(OCCn3ccnc3)ncc12. The Morgan fingerprint density at radius 3 is 3.00 bits per heavy atom. The van der Waals surface area contributed by atoms with Gasteiger partial charge in [0.1, 0.15) is 11.1 Å². The number of pyridine rings is 2. The van der Waals surface area contributed by atoms with E-state index in [1.165, 1.54) is 0 Å². The molecule has 0 bridgehead atoms. The summed E-state index contributed by atoms with van der Waals surface area (Å²) in [6.07, 6.45) is 8.68. The molecule has 0 aliphatic rings. The van der Waals surface area contributed by atoms with Crippen LogP contribution in [0.15, 0.2) is 41.7 Å². The second kappa shape index (κ2) is 5.76. The first-order valence-corrected chi connectivity index (χ1v) is 7.10. The van der Waals surface area contributed by atoms with E-state index in [9.17, 15) is 0 Å². The summed E-state index contributed by atoms with van der Waals surface area (Å²) >= 11 is 9.57. The Morgan fingerprint density at radius 1 is 1.30 bits per heavy atom. The lowest BCUT2D eigenvalue weighted by Gasteiger charge is -2.09. The van der Waals surface area contributed by atoms with Crippen LogP contribution in [-0.4, -0.2) is 26.1 Å². The molecule has 0 N–H and O–H groups in total. The maximum Gasteiger partial charge on any atom is 0.230 e. The van der Waals surface area contributed by atoms with E-state index in [4.69, 9.17) is 16.3 Å². The third-order valence-corrected chi connectivity index (χ3v) is 3.84. The highest BCUT2D eigenvalue weighted by Crippen LogP contribution is 2.32. The molecule has 3 aromatic rings. The van der Waals surface area contributed by atoms with Crippen LogP contribution in [0, 0.1) is 0 Å². The molecule has 102 valence electrons. The molecule has 0 aromatic carbocycles. The summed E-state index contributed by atoms with van der Waals surface area (Å²) in [4.78, 5) is 12.5. The van der Waals surface area contributed by atoms with Gasteiger partial charge in [0.25, 0.3) is 0 Å². The van der Waals surface area contributed by atoms with E-state index in [1.807, 2.05) is 10.8 Å². The van der Waals surface area contributed by atoms with Gasteiger partial charge in [-0.05, 0) is 22.0 Å². The van der Waals surface area contributed by atoms with Crippen molar-refractivity contribution in [2.24, 2.45) is 0 Å². The molecule has 0 amide bonds. The Balaban J connectivity index is 1.80. The Kier molecular flexibility index (Phi) is 3.84. The minimum atomic E-state index is 0.494. The summed E-state index contributed by atoms with van der Waals surface area (Å²) in [6, 6.07) is 1.73. The average molecular weight is 354 g/mol. The topological polar surface area (TPSA) is 52.8 Å². The number of aromatic nitrogens is 4. The van der Waals surface area contributed by atoms with Gasteiger partial charge in [0, 0.05) is 30.2 Å². The molecule has 0 spiro atoms. The normalized spacial score (nSPS) is 10.9. The lowest BCUT2D eigenvalue weighted by molar-refractivity contribution is 0.286. The molecule has 5 nitrogen and oxygen atoms in total. The van der Waals surface area contributed by atoms with Gasteiger partial charge in [0.15, 0.2) is 0 Å². The van der Waals surface area contributed by atoms with Crippen molar-refractivity contribution in [1.82, 2.24) is 19.5 Å². The van der Waals surface area contributed by atoms with Crippen molar-refractivity contribution in [3.63, 3.8) is 0 Å². The molecule has 0 saturated heterocycles. The first-order valence-electron chi connectivity index (χ1n) is 5.93. The number of hydrogen-bond acceptors (Lipinski definition) is 4. The van der Waals surface area contributed by atoms with E-state index in [-0.39, 0.29) is 0 Å². The van der Waals surface area contributed by atoms with Crippen molar-refractivity contribution in [2.45, 2.75) is 6.54 Å². The highest BCUT2D eigenvalue weighted by molar-refractivity contribution is 9.10. The Hall–Kier alpha value is -1.66. The van der Waals surface area contributed by atoms with Gasteiger partial charge in [0.05, 0.1) is 23.4 Å². The van der Waals surface area contributed by atoms with Gasteiger partial charge in [-0.15, -0.1) is 0 Å². The number of rotatable bonds is 4. The quantitative estimate of drug-likeness (QED) is 0.722. The molecular weight excluding hydrogens is 344 g/mol. The van der Waals surface area contributed by atoms with Crippen molar-refractivity contribution in [2.75, 3.05) is 6.61 Å². The summed E-state index contributed by atoms with van der Waals surface area (Å²) in [6.45, 7) is 1.20. The Morgan fingerprint density at radius 2 is 2.20 bits per heavy atom. The van der Waals surface area contributed by atoms with Gasteiger partial charge in [-0.25, -0.2) is 9.97 Å². The third kappa shape index (κ3) is 2.62. The first kappa shape index (κ1) is 13.3. The first-order chi connectivity index (χ1) is 9.75. The van der Waals surface area contributed by atoms with Crippen molar-refractivity contribution in [3.05, 3.63) is 46.7 Å². The van der Waals surface area contributed by atoms with E-state index < -0.39 is 0 Å². The van der Waals surface area contributed by atoms with Crippen LogP contribution in [0.1, 0.15) is 0 Å². The van der Waals surface area contributed by atoms with Gasteiger partial charge in [-0.3, -0.25) is 4.98 Å². The van der Waals surface area contributed by atoms with Crippen molar-refractivity contribution < 1.29 is 4.74 Å². The molecule has 3 aromatic heterocycles. The van der Waals surface area contributed by atoms with Crippen LogP contribution in [0.4, 0.5) is 0 Å². The van der Waals surface area contributed by atoms with Gasteiger partial charge in [0.2, 0.25) is 5.88 Å². The molecular formula is C13H10BrClN4O. The summed E-state index contributed by atoms with van der Waals surface area (Å²) in [5.74, 6) is 0.507. The summed E-state index contributed by atoms with van der Waals surface area (Å²) < 4.78 is 8.31. The van der Waals surface area contributed by atoms with E-state index in [1.54, 1.807) is 31.0 Å². The summed E-state index contributed by atoms with van der Waals surface area (Å²) in [7, 11) is 0. The largest absolute Gasteiger partial charge is 0.475 e. The number of ether oxygens (including phenoxy) is 1. The second-order valence-electron chi connectivity index (χ2n) is 4.08. The van der Waals surface area contributed by atoms with Gasteiger partial charge < -0.3 is 9.30 Å². The zero-order valence-electron chi connectivity index (χ0n) is 10.3. The molecule has 0 fully saturated rings. The van der Waals surface area contributed by atoms with E-state index in [2.05, 4.69) is 30.9 Å². The van der Waals surface area contributed by atoms with Crippen LogP contribution < -0.4 is 4.74 Å². The average Bonchev–Trinajstić information content (AvgIpc) is 2.95. The van der Waals surface area contributed by atoms with E-state index >= 15 is 0 Å². The fourth-order valence-electron chi connectivity index (χ4n) is 1.80. The maximum absolute atomic E-state index is 6.10. The van der Waals surface area contributed by atoms with Gasteiger partial charge in [-0.2, -0.15) is 0 Å². The predicted octanol–water partition coefficient (Wildman–Crippen LogP) is 3.32. The minimum absolute atomic E-state index is 0.494. The van der Waals surface area contributed by atoms with Crippen LogP contribution >= 0.6 is 27.5 Å². The second-order valence-corrected chi connectivity index (χ2v) is 5.28. The Bertz CT molecular complexity index is 733. The fraction of sp³-hybridized carbons (Fsp3) is 0.154. The highest BCUT2D eigenvalue weighted by Gasteiger charge is 2.11. The molecule has 0 aliphatic carbocycles. The number of fused-ring (bicyclic) bond motifs is 1. The fourth-order valence-corrected chi connectivity index (χ4v) is 2.52. The molecule has 0 atom stereocenters. The number of imidazole rings is 1. The lowest BCUT2D eigenvalue weighted by Crippen LogP contribution is -2.07. The van der Waals surface area contributed by atoms with Crippen LogP contribution in [0.2, 0.25) is 5.02 Å². The minimum Gasteiger partial charge on any atom is -0.475 e. The van der Waals surface area contributed by atoms with Crippen LogP contribution in [0.3, 0.4) is 0 Å². The summed E-state index contributed by atoms with van der Waals surface area (Å²) in [5, 5.41) is 1.41. The van der Waals surface area contributed by atoms with Crippen molar-refractivity contribution >= 4 is 38.4 Å². The smallest absolute Gasteiger partial charge is 0.230 e. The molecule has 20 heavy (non-hydrogen) atoms. The molecule has 0 saturated carbocycles. The molecule has 0 radical (unpaired) electrons. The lowest BCUT2D eigenvalue weighted by atomic mass is 10.3. The number of halogens is 2. The molecule has 3 rings (SSSR count). The van der Waals surface area contributed by atoms with Gasteiger partial charge in [-0.1, -0.05) is 11.6 Å². The van der Waals surface area contributed by atoms with Crippen LogP contribution in [-0.2, 0) is 6.54 Å². The van der Waals surface area contributed by atoms with E-state index in [0.29, 0.717) is 28.5 Å². The van der Waals surface area contributed by atoms with Crippen molar-refractivity contribution in [3.8, 4) is 5.88 Å². The van der Waals surface area contributed by atoms with Crippen LogP contribution in [0.25, 0.3) is 10.9 Å². The zero-order valence-corrected chi connectivity index (χ0v) is 12.7. The maximum atomic E-state index is 6.10. The number of hydrogen-bond donors (Lipinski definition) is 0. The zero-order chi connectivity index (χ0) is 13.9. The monoisotopic (exact) mass is 352 g/mol. The molecule has 0 aliphatic heterocycles. The number of nitrogens with zero attached hydrogens (tertiary/aromatic N) is 4. The third-order valence-electron chi connectivity index (χ3n) is 2.79. The summed E-state index contributed by atoms with van der Waals surface area (Å²) in [5.41, 5.74) is 0.741.